The molecule has 0 radical (unpaired) electrons. The number of nitrogens with one attached hydrogen (secondary N) is 2. The third kappa shape index (κ3) is 4.40. The Labute approximate surface area is 232 Å². The Balaban J connectivity index is 1.56. The molecule has 6 atom stereocenters. The summed E-state index contributed by atoms with van der Waals surface area (Å²) in [6, 6.07) is 15.2. The zero-order chi connectivity index (χ0) is 27.1. The number of para-hydroxylation sites is 1. The number of anilines is 1. The molecule has 2 aromatic carbocycles. The maximum absolute atomic E-state index is 14.3. The summed E-state index contributed by atoms with van der Waals surface area (Å²) in [5, 5.41) is 16.9. The minimum atomic E-state index is -0.854. The normalized spacial score (nSPS) is 30.3. The van der Waals surface area contributed by atoms with Crippen LogP contribution >= 0.6 is 23.4 Å². The second-order valence-corrected chi connectivity index (χ2v) is 13.1. The molecule has 5 rings (SSSR count). The largest absolute Gasteiger partial charge is 0.394 e. The summed E-state index contributed by atoms with van der Waals surface area (Å²) in [5.41, 5.74) is 1.43. The van der Waals surface area contributed by atoms with E-state index in [0.29, 0.717) is 30.1 Å². The Morgan fingerprint density at radius 1 is 1.13 bits per heavy atom. The predicted octanol–water partition coefficient (Wildman–Crippen LogP) is 3.89. The molecule has 3 aliphatic heterocycles. The highest BCUT2D eigenvalue weighted by molar-refractivity contribution is 8.02. The second kappa shape index (κ2) is 10.5. The van der Waals surface area contributed by atoms with Crippen molar-refractivity contribution in [2.45, 2.75) is 61.1 Å². The van der Waals surface area contributed by atoms with E-state index in [1.54, 1.807) is 40.9 Å². The molecule has 0 saturated carbocycles. The zero-order valence-corrected chi connectivity index (χ0v) is 23.2. The zero-order valence-electron chi connectivity index (χ0n) is 21.7. The fourth-order valence-electron chi connectivity index (χ4n) is 6.72. The van der Waals surface area contributed by atoms with Crippen LogP contribution in [0.15, 0.2) is 54.6 Å². The van der Waals surface area contributed by atoms with Crippen LogP contribution in [0.3, 0.4) is 0 Å². The number of halogens is 1. The van der Waals surface area contributed by atoms with Crippen molar-refractivity contribution in [3.63, 3.8) is 0 Å². The molecule has 9 heteroatoms. The van der Waals surface area contributed by atoms with Gasteiger partial charge in [0.05, 0.1) is 39.9 Å². The van der Waals surface area contributed by atoms with Gasteiger partial charge in [0.2, 0.25) is 17.7 Å². The summed E-state index contributed by atoms with van der Waals surface area (Å²) in [5.74, 6) is -1.89. The van der Waals surface area contributed by atoms with Crippen molar-refractivity contribution in [1.82, 2.24) is 10.2 Å². The topological polar surface area (TPSA) is 98.7 Å². The van der Waals surface area contributed by atoms with Crippen LogP contribution in [0.5, 0.6) is 0 Å². The second-order valence-electron chi connectivity index (χ2n) is 10.8. The molecule has 38 heavy (non-hydrogen) atoms. The van der Waals surface area contributed by atoms with Crippen LogP contribution in [0.4, 0.5) is 5.69 Å². The minimum Gasteiger partial charge on any atom is -0.394 e. The molecule has 7 nitrogen and oxygen atoms in total. The molecular weight excluding hydrogens is 522 g/mol. The van der Waals surface area contributed by atoms with Gasteiger partial charge in [0, 0.05) is 11.3 Å². The van der Waals surface area contributed by atoms with Crippen LogP contribution in [0.1, 0.15) is 38.7 Å². The van der Waals surface area contributed by atoms with Crippen molar-refractivity contribution in [1.29, 1.82) is 0 Å². The van der Waals surface area contributed by atoms with Crippen LogP contribution in [0, 0.1) is 11.8 Å². The standard InChI is InChI=1S/C29H34ClN3O4S/c1-3-15-31-25(35)22-23-27(37)33(19(17-34)16-18-9-5-4-6-10-18)24(29(23)14-13-28(22,2)38-29)26(36)32-21-12-8-7-11-20(21)30/h4-12,19,22-24,34H,3,13-17H2,1-2H3,(H,31,35)(H,32,36)/t19-,22-,23+,24?,28+,29?/m1/s1. The third-order valence-corrected chi connectivity index (χ3v) is 10.7. The molecule has 1 spiro atoms. The van der Waals surface area contributed by atoms with Crippen molar-refractivity contribution in [3.8, 4) is 0 Å². The summed E-state index contributed by atoms with van der Waals surface area (Å²) in [7, 11) is 0. The van der Waals surface area contributed by atoms with Crippen LogP contribution in [0.2, 0.25) is 5.02 Å². The van der Waals surface area contributed by atoms with Crippen LogP contribution < -0.4 is 10.6 Å². The lowest BCUT2D eigenvalue weighted by Gasteiger charge is -2.37. The van der Waals surface area contributed by atoms with Crippen LogP contribution in [0.25, 0.3) is 0 Å². The van der Waals surface area contributed by atoms with Gasteiger partial charge < -0.3 is 20.6 Å². The Morgan fingerprint density at radius 3 is 2.53 bits per heavy atom. The van der Waals surface area contributed by atoms with Crippen molar-refractivity contribution >= 4 is 46.8 Å². The number of carbonyl (C=O) groups excluding carboxylic acids is 3. The highest BCUT2D eigenvalue weighted by Crippen LogP contribution is 2.71. The predicted molar refractivity (Wildman–Crippen MR) is 150 cm³/mol. The molecule has 3 N–H and O–H groups in total. The van der Waals surface area contributed by atoms with Gasteiger partial charge in [-0.3, -0.25) is 14.4 Å². The smallest absolute Gasteiger partial charge is 0.248 e. The molecule has 2 bridgehead atoms. The molecule has 0 aliphatic carbocycles. The van der Waals surface area contributed by atoms with Crippen LogP contribution in [-0.4, -0.2) is 62.5 Å². The van der Waals surface area contributed by atoms with E-state index < -0.39 is 33.4 Å². The fraction of sp³-hybridized carbons (Fsp3) is 0.483. The first-order valence-electron chi connectivity index (χ1n) is 13.3. The Kier molecular flexibility index (Phi) is 7.50. The summed E-state index contributed by atoms with van der Waals surface area (Å²) in [4.78, 5) is 43.5. The number of hydrogen-bond donors (Lipinski definition) is 3. The fourth-order valence-corrected chi connectivity index (χ4v) is 9.24. The minimum absolute atomic E-state index is 0.127. The van der Waals surface area contributed by atoms with Gasteiger partial charge in [-0.15, -0.1) is 11.8 Å². The molecule has 2 aromatic rings. The summed E-state index contributed by atoms with van der Waals surface area (Å²) in [6.07, 6.45) is 2.57. The van der Waals surface area contributed by atoms with Gasteiger partial charge >= 0.3 is 0 Å². The summed E-state index contributed by atoms with van der Waals surface area (Å²) >= 11 is 7.98. The quantitative estimate of drug-likeness (QED) is 0.436. The van der Waals surface area contributed by atoms with Gasteiger partial charge in [-0.2, -0.15) is 0 Å². The maximum Gasteiger partial charge on any atom is 0.248 e. The van der Waals surface area contributed by atoms with Gasteiger partial charge in [0.1, 0.15) is 6.04 Å². The molecule has 3 amide bonds. The first kappa shape index (κ1) is 27.0. The third-order valence-electron chi connectivity index (χ3n) is 8.34. The van der Waals surface area contributed by atoms with E-state index in [0.717, 1.165) is 18.4 Å². The average molecular weight is 556 g/mol. The van der Waals surface area contributed by atoms with E-state index in [-0.39, 0.29) is 24.3 Å². The number of aliphatic hydroxyl groups excluding tert-OH is 1. The van der Waals surface area contributed by atoms with Gasteiger partial charge in [0.15, 0.2) is 0 Å². The van der Waals surface area contributed by atoms with Gasteiger partial charge in [-0.05, 0) is 50.3 Å². The molecule has 3 heterocycles. The number of benzene rings is 2. The van der Waals surface area contributed by atoms with Gasteiger partial charge in [-0.25, -0.2) is 0 Å². The Bertz CT molecular complexity index is 1230. The van der Waals surface area contributed by atoms with Crippen molar-refractivity contribution in [3.05, 3.63) is 65.2 Å². The lowest BCUT2D eigenvalue weighted by Crippen LogP contribution is -2.55. The van der Waals surface area contributed by atoms with E-state index in [4.69, 9.17) is 11.6 Å². The first-order chi connectivity index (χ1) is 18.3. The molecule has 0 aromatic heterocycles. The number of nitrogens with zero attached hydrogens (tertiary/aromatic N) is 1. The van der Waals surface area contributed by atoms with Crippen molar-refractivity contribution < 1.29 is 19.5 Å². The molecule has 202 valence electrons. The van der Waals surface area contributed by atoms with E-state index >= 15 is 0 Å². The number of likely N-dealkylation sites (tertiary alicyclic amines) is 1. The van der Waals surface area contributed by atoms with E-state index in [2.05, 4.69) is 17.6 Å². The van der Waals surface area contributed by atoms with E-state index in [9.17, 15) is 19.5 Å². The van der Waals surface area contributed by atoms with Crippen molar-refractivity contribution in [2.75, 3.05) is 18.5 Å². The molecule has 3 fully saturated rings. The number of thioether (sulfide) groups is 1. The van der Waals surface area contributed by atoms with E-state index in [1.807, 2.05) is 37.3 Å². The Morgan fingerprint density at radius 2 is 1.84 bits per heavy atom. The monoisotopic (exact) mass is 555 g/mol. The number of carbonyl (C=O) groups is 3. The Hall–Kier alpha value is -2.55. The first-order valence-corrected chi connectivity index (χ1v) is 14.5. The average Bonchev–Trinajstić information content (AvgIpc) is 3.48. The van der Waals surface area contributed by atoms with Gasteiger partial charge in [0.25, 0.3) is 0 Å². The summed E-state index contributed by atoms with van der Waals surface area (Å²) < 4.78 is -1.21. The van der Waals surface area contributed by atoms with Gasteiger partial charge in [-0.1, -0.05) is 61.0 Å². The lowest BCUT2D eigenvalue weighted by molar-refractivity contribution is -0.142. The number of rotatable bonds is 9. The number of fused-ring (bicyclic) bond motifs is 1. The van der Waals surface area contributed by atoms with Crippen LogP contribution in [-0.2, 0) is 20.8 Å². The van der Waals surface area contributed by atoms with E-state index in [1.165, 1.54) is 0 Å². The lowest BCUT2D eigenvalue weighted by atomic mass is 9.66. The molecule has 3 aliphatic rings. The number of amides is 3. The summed E-state index contributed by atoms with van der Waals surface area (Å²) in [6.45, 7) is 4.28. The SMILES string of the molecule is CCCNC(=O)[C@H]1[C@H]2C(=O)N([C@@H](CO)Cc3ccccc3)C(C(=O)Nc3ccccc3Cl)C23CC[C@]1(C)S3. The number of aliphatic hydroxyl groups is 1. The highest BCUT2D eigenvalue weighted by Gasteiger charge is 2.77. The van der Waals surface area contributed by atoms with Crippen molar-refractivity contribution in [2.24, 2.45) is 11.8 Å². The number of hydrogen-bond acceptors (Lipinski definition) is 5. The highest BCUT2D eigenvalue weighted by atomic mass is 35.5. The molecular formula is C29H34ClN3O4S. The molecule has 3 saturated heterocycles. The molecule has 2 unspecified atom stereocenters. The maximum atomic E-state index is 14.3.